The second-order valence-corrected chi connectivity index (χ2v) is 5.53. The Labute approximate surface area is 142 Å². The fourth-order valence-corrected chi connectivity index (χ4v) is 2.84. The topological polar surface area (TPSA) is 69.3 Å². The van der Waals surface area contributed by atoms with Crippen LogP contribution in [-0.4, -0.2) is 64.5 Å². The number of benzene rings is 1. The maximum absolute atomic E-state index is 11.9. The summed E-state index contributed by atoms with van der Waals surface area (Å²) in [5.74, 6) is 1.63. The van der Waals surface area contributed by atoms with E-state index in [4.69, 9.17) is 18.9 Å². The summed E-state index contributed by atoms with van der Waals surface area (Å²) < 4.78 is 21.2. The minimum Gasteiger partial charge on any atom is -0.493 e. The molecule has 0 aliphatic carbocycles. The highest BCUT2D eigenvalue weighted by atomic mass is 16.5. The Hall–Kier alpha value is -1.99. The average molecular weight is 338 g/mol. The van der Waals surface area contributed by atoms with Gasteiger partial charge in [-0.2, -0.15) is 0 Å². The van der Waals surface area contributed by atoms with Crippen molar-refractivity contribution in [2.75, 3.05) is 47.6 Å². The molecule has 1 aromatic carbocycles. The summed E-state index contributed by atoms with van der Waals surface area (Å²) in [7, 11) is 4.78. The lowest BCUT2D eigenvalue weighted by Crippen LogP contribution is -2.54. The molecule has 1 aromatic rings. The van der Waals surface area contributed by atoms with Gasteiger partial charge in [0.05, 0.1) is 27.9 Å². The second-order valence-electron chi connectivity index (χ2n) is 5.53. The lowest BCUT2D eigenvalue weighted by Gasteiger charge is -2.32. The zero-order valence-electron chi connectivity index (χ0n) is 14.8. The molecule has 0 bridgehead atoms. The lowest BCUT2D eigenvalue weighted by molar-refractivity contribution is -0.146. The number of piperazine rings is 1. The van der Waals surface area contributed by atoms with E-state index in [0.717, 1.165) is 18.7 Å². The van der Waals surface area contributed by atoms with E-state index in [9.17, 15) is 4.79 Å². The quantitative estimate of drug-likeness (QED) is 0.745. The van der Waals surface area contributed by atoms with Crippen LogP contribution in [0.3, 0.4) is 0 Å². The molecule has 2 rings (SSSR count). The van der Waals surface area contributed by atoms with Crippen LogP contribution < -0.4 is 19.5 Å². The van der Waals surface area contributed by atoms with E-state index in [2.05, 4.69) is 10.2 Å². The Balaban J connectivity index is 2.11. The Bertz CT molecular complexity index is 539. The van der Waals surface area contributed by atoms with Gasteiger partial charge in [0, 0.05) is 26.2 Å². The molecule has 0 aromatic heterocycles. The minimum atomic E-state index is -0.291. The second kappa shape index (κ2) is 8.75. The molecule has 1 atom stereocenters. The highest BCUT2D eigenvalue weighted by Gasteiger charge is 2.26. The normalized spacial score (nSPS) is 18.1. The van der Waals surface area contributed by atoms with Crippen LogP contribution in [0.25, 0.3) is 0 Å². The highest BCUT2D eigenvalue weighted by Crippen LogP contribution is 2.38. The van der Waals surface area contributed by atoms with Crippen LogP contribution in [-0.2, 0) is 16.1 Å². The predicted molar refractivity (Wildman–Crippen MR) is 89.8 cm³/mol. The lowest BCUT2D eigenvalue weighted by atomic mass is 10.1. The van der Waals surface area contributed by atoms with Crippen molar-refractivity contribution in [2.45, 2.75) is 19.5 Å². The van der Waals surface area contributed by atoms with Crippen molar-refractivity contribution < 1.29 is 23.7 Å². The molecule has 0 amide bonds. The van der Waals surface area contributed by atoms with Crippen LogP contribution in [0.15, 0.2) is 12.1 Å². The van der Waals surface area contributed by atoms with E-state index in [1.165, 1.54) is 0 Å². The molecule has 1 fully saturated rings. The van der Waals surface area contributed by atoms with Gasteiger partial charge in [-0.25, -0.2) is 0 Å². The number of methoxy groups -OCH3 is 3. The number of ether oxygens (including phenoxy) is 4. The first-order valence-corrected chi connectivity index (χ1v) is 8.04. The maximum Gasteiger partial charge on any atom is 0.324 e. The van der Waals surface area contributed by atoms with Crippen LogP contribution >= 0.6 is 0 Å². The number of carbonyl (C=O) groups is 1. The summed E-state index contributed by atoms with van der Waals surface area (Å²) in [5.41, 5.74) is 1.04. The fourth-order valence-electron chi connectivity index (χ4n) is 2.84. The molecule has 0 saturated carbocycles. The van der Waals surface area contributed by atoms with Crippen molar-refractivity contribution in [2.24, 2.45) is 0 Å². The van der Waals surface area contributed by atoms with Crippen LogP contribution in [0.4, 0.5) is 0 Å². The summed E-state index contributed by atoms with van der Waals surface area (Å²) in [5, 5.41) is 3.20. The highest BCUT2D eigenvalue weighted by molar-refractivity contribution is 5.76. The van der Waals surface area contributed by atoms with Crippen LogP contribution in [0.5, 0.6) is 17.2 Å². The van der Waals surface area contributed by atoms with E-state index >= 15 is 0 Å². The Kier molecular flexibility index (Phi) is 6.69. The van der Waals surface area contributed by atoms with Crippen LogP contribution in [0, 0.1) is 0 Å². The number of hydrogen-bond acceptors (Lipinski definition) is 7. The first kappa shape index (κ1) is 18.4. The van der Waals surface area contributed by atoms with Gasteiger partial charge in [0.25, 0.3) is 0 Å². The number of hydrogen-bond donors (Lipinski definition) is 1. The molecule has 1 heterocycles. The third-order valence-corrected chi connectivity index (χ3v) is 3.96. The molecule has 0 spiro atoms. The van der Waals surface area contributed by atoms with Gasteiger partial charge in [-0.1, -0.05) is 0 Å². The maximum atomic E-state index is 11.9. The molecule has 0 radical (unpaired) electrons. The first-order chi connectivity index (χ1) is 11.6. The molecule has 24 heavy (non-hydrogen) atoms. The Morgan fingerprint density at radius 1 is 1.21 bits per heavy atom. The smallest absolute Gasteiger partial charge is 0.324 e. The number of nitrogens with one attached hydrogen (secondary N) is 1. The van der Waals surface area contributed by atoms with Crippen molar-refractivity contribution in [1.29, 1.82) is 0 Å². The summed E-state index contributed by atoms with van der Waals surface area (Å²) in [6.45, 7) is 5.10. The first-order valence-electron chi connectivity index (χ1n) is 8.04. The van der Waals surface area contributed by atoms with Crippen molar-refractivity contribution in [3.8, 4) is 17.2 Å². The van der Waals surface area contributed by atoms with Crippen LogP contribution in [0.2, 0.25) is 0 Å². The number of carbonyl (C=O) groups excluding carboxylic acids is 1. The molecular formula is C17H26N2O5. The molecule has 134 valence electrons. The zero-order chi connectivity index (χ0) is 17.5. The fraction of sp³-hybridized carbons (Fsp3) is 0.588. The third kappa shape index (κ3) is 4.30. The monoisotopic (exact) mass is 338 g/mol. The zero-order valence-corrected chi connectivity index (χ0v) is 14.8. The van der Waals surface area contributed by atoms with Gasteiger partial charge in [0.2, 0.25) is 5.75 Å². The van der Waals surface area contributed by atoms with Gasteiger partial charge in [0.1, 0.15) is 6.04 Å². The number of rotatable bonds is 7. The Morgan fingerprint density at radius 3 is 2.42 bits per heavy atom. The van der Waals surface area contributed by atoms with E-state index in [1.54, 1.807) is 21.3 Å². The molecule has 1 saturated heterocycles. The summed E-state index contributed by atoms with van der Waals surface area (Å²) >= 11 is 0. The third-order valence-electron chi connectivity index (χ3n) is 3.96. The molecular weight excluding hydrogens is 312 g/mol. The molecule has 1 aliphatic heterocycles. The Morgan fingerprint density at radius 2 is 1.88 bits per heavy atom. The summed E-state index contributed by atoms with van der Waals surface area (Å²) in [4.78, 5) is 14.1. The van der Waals surface area contributed by atoms with Gasteiger partial charge in [0.15, 0.2) is 11.5 Å². The minimum absolute atomic E-state index is 0.202. The average Bonchev–Trinajstić information content (AvgIpc) is 2.61. The summed E-state index contributed by atoms with van der Waals surface area (Å²) in [6, 6.07) is 3.58. The SMILES string of the molecule is CCOC(=O)C1CN(Cc2cc(OC)c(OC)c(OC)c2)CCN1. The van der Waals surface area contributed by atoms with E-state index in [-0.39, 0.29) is 12.0 Å². The van der Waals surface area contributed by atoms with Gasteiger partial charge < -0.3 is 24.3 Å². The molecule has 1 N–H and O–H groups in total. The number of nitrogens with zero attached hydrogens (tertiary/aromatic N) is 1. The van der Waals surface area contributed by atoms with Gasteiger partial charge in [-0.3, -0.25) is 9.69 Å². The van der Waals surface area contributed by atoms with Gasteiger partial charge in [-0.15, -0.1) is 0 Å². The molecule has 7 nitrogen and oxygen atoms in total. The largest absolute Gasteiger partial charge is 0.493 e. The molecule has 1 unspecified atom stereocenters. The van der Waals surface area contributed by atoms with Crippen molar-refractivity contribution in [1.82, 2.24) is 10.2 Å². The van der Waals surface area contributed by atoms with Gasteiger partial charge >= 0.3 is 5.97 Å². The predicted octanol–water partition coefficient (Wildman–Crippen LogP) is 1.05. The molecule has 1 aliphatic rings. The number of esters is 1. The van der Waals surface area contributed by atoms with Crippen molar-refractivity contribution >= 4 is 5.97 Å². The van der Waals surface area contributed by atoms with E-state index in [0.29, 0.717) is 36.9 Å². The summed E-state index contributed by atoms with van der Waals surface area (Å²) in [6.07, 6.45) is 0. The van der Waals surface area contributed by atoms with E-state index < -0.39 is 0 Å². The van der Waals surface area contributed by atoms with Crippen molar-refractivity contribution in [3.63, 3.8) is 0 Å². The van der Waals surface area contributed by atoms with Gasteiger partial charge in [-0.05, 0) is 24.6 Å². The van der Waals surface area contributed by atoms with Crippen molar-refractivity contribution in [3.05, 3.63) is 17.7 Å². The molecule has 7 heteroatoms. The standard InChI is InChI=1S/C17H26N2O5/c1-5-24-17(20)13-11-19(7-6-18-13)10-12-8-14(21-2)16(23-4)15(9-12)22-3/h8-9,13,18H,5-7,10-11H2,1-4H3. The van der Waals surface area contributed by atoms with E-state index in [1.807, 2.05) is 19.1 Å². The van der Waals surface area contributed by atoms with Crippen LogP contribution in [0.1, 0.15) is 12.5 Å².